The van der Waals surface area contributed by atoms with Gasteiger partial charge in [0.25, 0.3) is 5.91 Å². The van der Waals surface area contributed by atoms with Crippen LogP contribution in [0.15, 0.2) is 41.2 Å². The first-order chi connectivity index (χ1) is 10.9. The van der Waals surface area contributed by atoms with E-state index in [0.29, 0.717) is 10.6 Å². The van der Waals surface area contributed by atoms with Gasteiger partial charge in [-0.2, -0.15) is 5.26 Å². The molecule has 0 aliphatic carbocycles. The Bertz CT molecular complexity index is 925. The molecule has 3 heterocycles. The number of hydrogen-bond donors (Lipinski definition) is 1. The van der Waals surface area contributed by atoms with E-state index in [1.54, 1.807) is 24.3 Å². The maximum absolute atomic E-state index is 12.3. The van der Waals surface area contributed by atoms with Gasteiger partial charge in [0.05, 0.1) is 28.7 Å². The van der Waals surface area contributed by atoms with Crippen LogP contribution in [-0.4, -0.2) is 46.4 Å². The summed E-state index contributed by atoms with van der Waals surface area (Å²) in [4.78, 5) is 28.2. The third-order valence-corrected chi connectivity index (χ3v) is 5.34. The predicted octanol–water partition coefficient (Wildman–Crippen LogP) is -0.0760. The molecule has 0 saturated carbocycles. The highest BCUT2D eigenvalue weighted by molar-refractivity contribution is 7.92. The highest BCUT2D eigenvalue weighted by Gasteiger charge is 2.56. The van der Waals surface area contributed by atoms with Crippen molar-refractivity contribution in [3.63, 3.8) is 0 Å². The number of aromatic nitrogens is 1. The number of nitriles is 1. The zero-order chi connectivity index (χ0) is 16.8. The summed E-state index contributed by atoms with van der Waals surface area (Å²) in [7, 11) is -3.89. The summed E-state index contributed by atoms with van der Waals surface area (Å²) >= 11 is 0. The van der Waals surface area contributed by atoms with E-state index in [1.165, 1.54) is 12.3 Å². The highest BCUT2D eigenvalue weighted by Crippen LogP contribution is 2.40. The Morgan fingerprint density at radius 2 is 2.22 bits per heavy atom. The van der Waals surface area contributed by atoms with Gasteiger partial charge < -0.3 is 5.11 Å². The Kier molecular flexibility index (Phi) is 3.26. The molecule has 0 spiro atoms. The Labute approximate surface area is 130 Å². The summed E-state index contributed by atoms with van der Waals surface area (Å²) in [6.07, 6.45) is 2.80. The van der Waals surface area contributed by atoms with E-state index in [1.807, 2.05) is 0 Å². The van der Waals surface area contributed by atoms with Crippen LogP contribution in [0.4, 0.5) is 0 Å². The lowest BCUT2D eigenvalue weighted by molar-refractivity contribution is -0.141. The van der Waals surface area contributed by atoms with Gasteiger partial charge in [-0.1, -0.05) is 6.07 Å². The number of β-lactam (4-membered cyclic amide) rings is 1. The van der Waals surface area contributed by atoms with E-state index in [-0.39, 0.29) is 5.57 Å². The number of carboxylic acids is 1. The summed E-state index contributed by atoms with van der Waals surface area (Å²) in [6.45, 7) is 0. The monoisotopic (exact) mass is 331 g/mol. The van der Waals surface area contributed by atoms with Gasteiger partial charge in [0, 0.05) is 6.20 Å². The van der Waals surface area contributed by atoms with Crippen molar-refractivity contribution in [2.75, 3.05) is 5.75 Å². The maximum Gasteiger partial charge on any atom is 0.353 e. The van der Waals surface area contributed by atoms with E-state index in [9.17, 15) is 23.1 Å². The smallest absolute Gasteiger partial charge is 0.353 e. The number of carbonyl (C=O) groups excluding carboxylic acids is 1. The average Bonchev–Trinajstić information content (AvgIpc) is 2.51. The number of pyridine rings is 1. The van der Waals surface area contributed by atoms with E-state index in [4.69, 9.17) is 5.26 Å². The predicted molar refractivity (Wildman–Crippen MR) is 76.9 cm³/mol. The molecule has 1 amide bonds. The lowest BCUT2D eigenvalue weighted by atomic mass is 10.0. The van der Waals surface area contributed by atoms with Crippen LogP contribution in [0.1, 0.15) is 5.69 Å². The van der Waals surface area contributed by atoms with Crippen LogP contribution < -0.4 is 0 Å². The van der Waals surface area contributed by atoms with Gasteiger partial charge in [0.15, 0.2) is 15.2 Å². The van der Waals surface area contributed by atoms with Crippen LogP contribution in [0, 0.1) is 11.3 Å². The van der Waals surface area contributed by atoms with E-state index < -0.39 is 44.1 Å². The first-order valence-electron chi connectivity index (χ1n) is 6.41. The Hall–Kier alpha value is -2.99. The number of hydrogen-bond acceptors (Lipinski definition) is 6. The number of carboxylic acid groups (broad SMARTS) is 1. The Morgan fingerprint density at radius 3 is 2.78 bits per heavy atom. The lowest BCUT2D eigenvalue weighted by Crippen LogP contribution is -2.62. The van der Waals surface area contributed by atoms with E-state index >= 15 is 0 Å². The topological polar surface area (TPSA) is 128 Å². The fourth-order valence-corrected chi connectivity index (χ4v) is 4.40. The molecule has 1 atom stereocenters. The molecule has 1 saturated heterocycles. The van der Waals surface area contributed by atoms with Crippen molar-refractivity contribution in [2.24, 2.45) is 0 Å². The summed E-state index contributed by atoms with van der Waals surface area (Å²) < 4.78 is 24.6. The summed E-state index contributed by atoms with van der Waals surface area (Å²) in [6, 6.07) is 6.48. The molecule has 0 aromatic carbocycles. The van der Waals surface area contributed by atoms with Crippen molar-refractivity contribution in [1.82, 2.24) is 9.88 Å². The zero-order valence-corrected chi connectivity index (χ0v) is 12.3. The molecule has 3 rings (SSSR count). The number of amides is 1. The Balaban J connectivity index is 2.13. The molecule has 2 aliphatic rings. The number of fused-ring (bicyclic) bond motifs is 1. The minimum atomic E-state index is -3.89. The summed E-state index contributed by atoms with van der Waals surface area (Å²) in [5, 5.41) is 16.8. The molecule has 1 N–H and O–H groups in total. The van der Waals surface area contributed by atoms with Crippen LogP contribution in [0.2, 0.25) is 0 Å². The first-order valence-corrected chi connectivity index (χ1v) is 8.12. The Morgan fingerprint density at radius 1 is 1.48 bits per heavy atom. The zero-order valence-electron chi connectivity index (χ0n) is 11.5. The second-order valence-corrected chi connectivity index (χ2v) is 6.99. The standard InChI is InChI=1S/C14H9N3O5S/c15-6-8-7-23(21,22)13-10(5-9-3-1-2-4-16-9)12(18)17(13)11(8)14(19)20/h1-5,13H,7H2,(H,19,20)/b10-5-. The second kappa shape index (κ2) is 5.03. The first kappa shape index (κ1) is 14.9. The second-order valence-electron chi connectivity index (χ2n) is 4.93. The highest BCUT2D eigenvalue weighted by atomic mass is 32.2. The molecule has 2 aliphatic heterocycles. The normalized spacial score (nSPS) is 24.0. The number of rotatable bonds is 2. The van der Waals surface area contributed by atoms with Gasteiger partial charge in [-0.05, 0) is 18.2 Å². The molecule has 1 fully saturated rings. The number of carbonyl (C=O) groups is 2. The number of sulfone groups is 1. The lowest BCUT2D eigenvalue weighted by Gasteiger charge is -2.44. The molecule has 9 heteroatoms. The fraction of sp³-hybridized carbons (Fsp3) is 0.143. The van der Waals surface area contributed by atoms with Crippen molar-refractivity contribution in [3.8, 4) is 6.07 Å². The van der Waals surface area contributed by atoms with Crippen LogP contribution in [0.3, 0.4) is 0 Å². The average molecular weight is 331 g/mol. The molecule has 23 heavy (non-hydrogen) atoms. The summed E-state index contributed by atoms with van der Waals surface area (Å²) in [5.74, 6) is -2.97. The maximum atomic E-state index is 12.3. The third kappa shape index (κ3) is 2.20. The van der Waals surface area contributed by atoms with Crippen molar-refractivity contribution in [2.45, 2.75) is 5.37 Å². The number of nitrogens with zero attached hydrogens (tertiary/aromatic N) is 3. The van der Waals surface area contributed by atoms with Crippen LogP contribution in [0.5, 0.6) is 0 Å². The van der Waals surface area contributed by atoms with Crippen molar-refractivity contribution < 1.29 is 23.1 Å². The molecule has 116 valence electrons. The molecule has 1 aromatic rings. The van der Waals surface area contributed by atoms with Gasteiger partial charge in [-0.3, -0.25) is 14.7 Å². The molecule has 0 bridgehead atoms. The van der Waals surface area contributed by atoms with Crippen LogP contribution in [-0.2, 0) is 19.4 Å². The molecule has 1 aromatic heterocycles. The number of aliphatic carboxylic acids is 1. The molecule has 1 unspecified atom stereocenters. The molecule has 0 radical (unpaired) electrons. The van der Waals surface area contributed by atoms with Crippen LogP contribution in [0.25, 0.3) is 6.08 Å². The molecular weight excluding hydrogens is 322 g/mol. The van der Waals surface area contributed by atoms with Gasteiger partial charge in [-0.25, -0.2) is 13.2 Å². The van der Waals surface area contributed by atoms with Gasteiger partial charge >= 0.3 is 5.97 Å². The fourth-order valence-electron chi connectivity index (χ4n) is 2.56. The minimum absolute atomic E-state index is 0.0561. The van der Waals surface area contributed by atoms with E-state index in [2.05, 4.69) is 4.98 Å². The van der Waals surface area contributed by atoms with Gasteiger partial charge in [0.1, 0.15) is 5.70 Å². The van der Waals surface area contributed by atoms with Gasteiger partial charge in [0.2, 0.25) is 0 Å². The van der Waals surface area contributed by atoms with Crippen molar-refractivity contribution >= 4 is 27.8 Å². The quantitative estimate of drug-likeness (QED) is 0.593. The third-order valence-electron chi connectivity index (χ3n) is 3.51. The van der Waals surface area contributed by atoms with Gasteiger partial charge in [-0.15, -0.1) is 0 Å². The van der Waals surface area contributed by atoms with Crippen molar-refractivity contribution in [1.29, 1.82) is 5.26 Å². The minimum Gasteiger partial charge on any atom is -0.477 e. The van der Waals surface area contributed by atoms with E-state index in [0.717, 1.165) is 0 Å². The summed E-state index contributed by atoms with van der Waals surface area (Å²) in [5.41, 5.74) is -0.688. The molecule has 8 nitrogen and oxygen atoms in total. The largest absolute Gasteiger partial charge is 0.477 e. The van der Waals surface area contributed by atoms with Crippen molar-refractivity contribution in [3.05, 3.63) is 46.9 Å². The van der Waals surface area contributed by atoms with Crippen LogP contribution >= 0.6 is 0 Å². The molecular formula is C14H9N3O5S. The SMILES string of the molecule is N#CC1=C(C(=O)O)N2C(=O)/C(=C/c3ccccn3)C2S(=O)(=O)C1.